The highest BCUT2D eigenvalue weighted by atomic mass is 19.1. The van der Waals surface area contributed by atoms with E-state index in [-0.39, 0.29) is 24.1 Å². The van der Waals surface area contributed by atoms with Crippen molar-refractivity contribution in [1.82, 2.24) is 0 Å². The summed E-state index contributed by atoms with van der Waals surface area (Å²) in [5, 5.41) is 0. The fourth-order valence-corrected chi connectivity index (χ4v) is 1.71. The Labute approximate surface area is 95.7 Å². The smallest absolute Gasteiger partial charge is 0.144 e. The van der Waals surface area contributed by atoms with E-state index in [1.807, 2.05) is 6.92 Å². The van der Waals surface area contributed by atoms with Gasteiger partial charge in [-0.15, -0.1) is 0 Å². The van der Waals surface area contributed by atoms with Crippen molar-refractivity contribution < 1.29 is 9.18 Å². The molecule has 0 aliphatic carbocycles. The second-order valence-corrected chi connectivity index (χ2v) is 4.37. The van der Waals surface area contributed by atoms with Crippen molar-refractivity contribution in [3.8, 4) is 0 Å². The largest absolute Gasteiger partial charge is 0.329 e. The summed E-state index contributed by atoms with van der Waals surface area (Å²) in [6.07, 6.45) is 0. The Morgan fingerprint density at radius 1 is 1.44 bits per heavy atom. The van der Waals surface area contributed by atoms with Crippen LogP contribution in [0.3, 0.4) is 0 Å². The number of ketones is 1. The quantitative estimate of drug-likeness (QED) is 0.851. The maximum Gasteiger partial charge on any atom is 0.144 e. The van der Waals surface area contributed by atoms with E-state index < -0.39 is 5.92 Å². The van der Waals surface area contributed by atoms with E-state index in [2.05, 4.69) is 0 Å². The Hall–Kier alpha value is -1.22. The first-order valence-electron chi connectivity index (χ1n) is 5.47. The zero-order valence-corrected chi connectivity index (χ0v) is 9.96. The monoisotopic (exact) mass is 223 g/mol. The van der Waals surface area contributed by atoms with Gasteiger partial charge in [-0.25, -0.2) is 4.39 Å². The van der Waals surface area contributed by atoms with Crippen LogP contribution < -0.4 is 5.73 Å². The summed E-state index contributed by atoms with van der Waals surface area (Å²) < 4.78 is 13.7. The molecule has 1 aromatic carbocycles. The molecule has 0 unspecified atom stereocenters. The first-order valence-corrected chi connectivity index (χ1v) is 5.47. The molecule has 16 heavy (non-hydrogen) atoms. The van der Waals surface area contributed by atoms with E-state index in [4.69, 9.17) is 5.73 Å². The first-order chi connectivity index (χ1) is 7.47. The van der Waals surface area contributed by atoms with Crippen LogP contribution in [0.5, 0.6) is 0 Å². The number of carbonyl (C=O) groups is 1. The van der Waals surface area contributed by atoms with Crippen molar-refractivity contribution in [2.75, 3.05) is 6.54 Å². The summed E-state index contributed by atoms with van der Waals surface area (Å²) in [5.41, 5.74) is 6.81. The molecule has 0 aromatic heterocycles. The first kappa shape index (κ1) is 12.8. The molecule has 1 aromatic rings. The zero-order chi connectivity index (χ0) is 12.3. The van der Waals surface area contributed by atoms with Gasteiger partial charge < -0.3 is 5.73 Å². The van der Waals surface area contributed by atoms with Crippen LogP contribution in [0.4, 0.5) is 4.39 Å². The predicted octanol–water partition coefficient (Wildman–Crippen LogP) is 2.40. The van der Waals surface area contributed by atoms with Crippen LogP contribution in [-0.2, 0) is 4.79 Å². The number of rotatable bonds is 4. The molecular weight excluding hydrogens is 205 g/mol. The molecule has 88 valence electrons. The Morgan fingerprint density at radius 3 is 2.50 bits per heavy atom. The molecule has 0 heterocycles. The number of carbonyl (C=O) groups excluding carboxylic acids is 1. The van der Waals surface area contributed by atoms with Gasteiger partial charge in [-0.2, -0.15) is 0 Å². The molecular formula is C13H18FNO. The van der Waals surface area contributed by atoms with E-state index in [1.54, 1.807) is 26.0 Å². The van der Waals surface area contributed by atoms with Gasteiger partial charge in [0.15, 0.2) is 0 Å². The third kappa shape index (κ3) is 2.67. The van der Waals surface area contributed by atoms with Gasteiger partial charge in [0.25, 0.3) is 0 Å². The lowest BCUT2D eigenvalue weighted by atomic mass is 9.88. The number of Topliss-reactive ketones (excluding diaryl/α,β-unsaturated/α-hetero) is 1. The second kappa shape index (κ2) is 5.21. The molecule has 1 atom stereocenters. The SMILES string of the molecule is Cc1ccc([C@@H](CN)C(=O)C(C)C)c(F)c1. The number of nitrogens with two attached hydrogens (primary N) is 1. The van der Waals surface area contributed by atoms with Crippen LogP contribution in [0.2, 0.25) is 0 Å². The summed E-state index contributed by atoms with van der Waals surface area (Å²) in [5.74, 6) is -1.01. The topological polar surface area (TPSA) is 43.1 Å². The minimum Gasteiger partial charge on any atom is -0.329 e. The maximum absolute atomic E-state index is 13.7. The van der Waals surface area contributed by atoms with E-state index in [1.165, 1.54) is 6.07 Å². The molecule has 3 heteroatoms. The van der Waals surface area contributed by atoms with Gasteiger partial charge in [-0.05, 0) is 24.1 Å². The van der Waals surface area contributed by atoms with Crippen molar-refractivity contribution in [2.45, 2.75) is 26.7 Å². The normalized spacial score (nSPS) is 12.9. The molecule has 0 radical (unpaired) electrons. The summed E-state index contributed by atoms with van der Waals surface area (Å²) in [6.45, 7) is 5.57. The number of hydrogen-bond donors (Lipinski definition) is 1. The average Bonchev–Trinajstić information content (AvgIpc) is 2.21. The van der Waals surface area contributed by atoms with Gasteiger partial charge >= 0.3 is 0 Å². The molecule has 2 nitrogen and oxygen atoms in total. The number of benzene rings is 1. The third-order valence-corrected chi connectivity index (χ3v) is 2.68. The maximum atomic E-state index is 13.7. The Morgan fingerprint density at radius 2 is 2.06 bits per heavy atom. The summed E-state index contributed by atoms with van der Waals surface area (Å²) in [6, 6.07) is 4.89. The molecule has 2 N–H and O–H groups in total. The highest BCUT2D eigenvalue weighted by Crippen LogP contribution is 2.23. The lowest BCUT2D eigenvalue weighted by Crippen LogP contribution is -2.26. The highest BCUT2D eigenvalue weighted by molar-refractivity contribution is 5.87. The molecule has 0 saturated heterocycles. The van der Waals surface area contributed by atoms with E-state index in [9.17, 15) is 9.18 Å². The van der Waals surface area contributed by atoms with Crippen molar-refractivity contribution >= 4 is 5.78 Å². The lowest BCUT2D eigenvalue weighted by molar-refractivity contribution is -0.123. The van der Waals surface area contributed by atoms with E-state index in [0.29, 0.717) is 5.56 Å². The van der Waals surface area contributed by atoms with Gasteiger partial charge in [0.05, 0.1) is 5.92 Å². The van der Waals surface area contributed by atoms with Crippen LogP contribution in [0.1, 0.15) is 30.9 Å². The Bertz CT molecular complexity index is 388. The number of aryl methyl sites for hydroxylation is 1. The molecule has 0 spiro atoms. The fraction of sp³-hybridized carbons (Fsp3) is 0.462. The number of halogens is 1. The van der Waals surface area contributed by atoms with Crippen LogP contribution in [0.15, 0.2) is 18.2 Å². The molecule has 0 fully saturated rings. The van der Waals surface area contributed by atoms with Crippen LogP contribution >= 0.6 is 0 Å². The van der Waals surface area contributed by atoms with Gasteiger partial charge in [0.1, 0.15) is 11.6 Å². The Kier molecular flexibility index (Phi) is 4.19. The van der Waals surface area contributed by atoms with Gasteiger partial charge in [-0.1, -0.05) is 26.0 Å². The molecule has 0 aliphatic heterocycles. The summed E-state index contributed by atoms with van der Waals surface area (Å²) in [4.78, 5) is 11.9. The summed E-state index contributed by atoms with van der Waals surface area (Å²) >= 11 is 0. The standard InChI is InChI=1S/C13H18FNO/c1-8(2)13(16)11(7-15)10-5-4-9(3)6-12(10)14/h4-6,8,11H,7,15H2,1-3H3/t11-/m1/s1. The van der Waals surface area contributed by atoms with Gasteiger partial charge in [-0.3, -0.25) is 4.79 Å². The predicted molar refractivity (Wildman–Crippen MR) is 62.8 cm³/mol. The van der Waals surface area contributed by atoms with Gasteiger partial charge in [0.2, 0.25) is 0 Å². The van der Waals surface area contributed by atoms with Crippen molar-refractivity contribution in [1.29, 1.82) is 0 Å². The fourth-order valence-electron chi connectivity index (χ4n) is 1.71. The molecule has 0 aliphatic rings. The van der Waals surface area contributed by atoms with Crippen LogP contribution in [0.25, 0.3) is 0 Å². The zero-order valence-electron chi connectivity index (χ0n) is 9.96. The van der Waals surface area contributed by atoms with Crippen LogP contribution in [0, 0.1) is 18.7 Å². The summed E-state index contributed by atoms with van der Waals surface area (Å²) in [7, 11) is 0. The van der Waals surface area contributed by atoms with E-state index >= 15 is 0 Å². The van der Waals surface area contributed by atoms with Crippen molar-refractivity contribution in [3.05, 3.63) is 35.1 Å². The lowest BCUT2D eigenvalue weighted by Gasteiger charge is -2.17. The Balaban J connectivity index is 3.09. The minimum atomic E-state index is -0.527. The molecule has 0 amide bonds. The van der Waals surface area contributed by atoms with Crippen molar-refractivity contribution in [3.63, 3.8) is 0 Å². The van der Waals surface area contributed by atoms with Crippen LogP contribution in [-0.4, -0.2) is 12.3 Å². The minimum absolute atomic E-state index is 0.00902. The molecule has 1 rings (SSSR count). The van der Waals surface area contributed by atoms with Crippen molar-refractivity contribution in [2.24, 2.45) is 11.7 Å². The number of hydrogen-bond acceptors (Lipinski definition) is 2. The van der Waals surface area contributed by atoms with E-state index in [0.717, 1.165) is 5.56 Å². The molecule has 0 bridgehead atoms. The second-order valence-electron chi connectivity index (χ2n) is 4.37. The van der Waals surface area contributed by atoms with Gasteiger partial charge in [0, 0.05) is 12.5 Å². The highest BCUT2D eigenvalue weighted by Gasteiger charge is 2.24. The molecule has 0 saturated carbocycles. The average molecular weight is 223 g/mol. The third-order valence-electron chi connectivity index (χ3n) is 2.68.